The van der Waals surface area contributed by atoms with E-state index in [2.05, 4.69) is 31.4 Å². The number of benzene rings is 2. The molecular formula is C23H25N3O5S. The highest BCUT2D eigenvalue weighted by atomic mass is 32.1. The van der Waals surface area contributed by atoms with Crippen LogP contribution in [0.2, 0.25) is 0 Å². The van der Waals surface area contributed by atoms with Gasteiger partial charge in [-0.15, -0.1) is 0 Å². The van der Waals surface area contributed by atoms with Crippen LogP contribution in [0.5, 0.6) is 11.5 Å². The molecule has 0 saturated carbocycles. The first-order valence-corrected chi connectivity index (χ1v) is 10.4. The lowest BCUT2D eigenvalue weighted by molar-refractivity contribution is -0.385. The van der Waals surface area contributed by atoms with E-state index >= 15 is 0 Å². The van der Waals surface area contributed by atoms with Crippen molar-refractivity contribution in [1.29, 1.82) is 0 Å². The quantitative estimate of drug-likeness (QED) is 0.291. The van der Waals surface area contributed by atoms with E-state index in [0.29, 0.717) is 27.7 Å². The number of esters is 1. The zero-order valence-corrected chi connectivity index (χ0v) is 19.3. The fourth-order valence-electron chi connectivity index (χ4n) is 3.42. The van der Waals surface area contributed by atoms with Crippen LogP contribution in [0, 0.1) is 10.1 Å². The third-order valence-corrected chi connectivity index (χ3v) is 5.36. The van der Waals surface area contributed by atoms with Crippen LogP contribution in [0.1, 0.15) is 44.9 Å². The van der Waals surface area contributed by atoms with Gasteiger partial charge in [0.1, 0.15) is 5.75 Å². The molecule has 0 spiro atoms. The Bertz CT molecular complexity index is 1100. The first-order chi connectivity index (χ1) is 15.0. The summed E-state index contributed by atoms with van der Waals surface area (Å²) in [5, 5.41) is 18.0. The van der Waals surface area contributed by atoms with Crippen molar-refractivity contribution in [2.45, 2.75) is 39.2 Å². The van der Waals surface area contributed by atoms with Gasteiger partial charge in [0.25, 0.3) is 0 Å². The number of nitrogens with one attached hydrogen (secondary N) is 2. The Morgan fingerprint density at radius 2 is 1.81 bits per heavy atom. The summed E-state index contributed by atoms with van der Waals surface area (Å²) in [5.41, 5.74) is 2.18. The van der Waals surface area contributed by atoms with E-state index in [9.17, 15) is 14.9 Å². The Morgan fingerprint density at radius 1 is 1.16 bits per heavy atom. The Kier molecular flexibility index (Phi) is 6.50. The second kappa shape index (κ2) is 8.96. The number of hydrogen-bond acceptors (Lipinski definition) is 6. The van der Waals surface area contributed by atoms with Crippen LogP contribution >= 0.6 is 12.2 Å². The molecule has 0 aliphatic carbocycles. The van der Waals surface area contributed by atoms with Gasteiger partial charge in [-0.2, -0.15) is 0 Å². The van der Waals surface area contributed by atoms with Crippen LogP contribution in [0.4, 0.5) is 5.69 Å². The maximum absolute atomic E-state index is 12.3. The molecule has 1 aliphatic heterocycles. The first kappa shape index (κ1) is 23.2. The van der Waals surface area contributed by atoms with E-state index in [4.69, 9.17) is 21.7 Å². The van der Waals surface area contributed by atoms with Gasteiger partial charge in [-0.25, -0.2) is 4.79 Å². The molecule has 2 N–H and O–H groups in total. The number of methoxy groups -OCH3 is 1. The lowest BCUT2D eigenvalue weighted by atomic mass is 9.87. The van der Waals surface area contributed by atoms with Crippen LogP contribution in [0.3, 0.4) is 0 Å². The Hall–Kier alpha value is -3.46. The monoisotopic (exact) mass is 455 g/mol. The number of nitrogens with zero attached hydrogens (tertiary/aromatic N) is 1. The number of allylic oxidation sites excluding steroid dienone is 1. The molecule has 0 unspecified atom stereocenters. The van der Waals surface area contributed by atoms with Crippen LogP contribution in [0.15, 0.2) is 53.7 Å². The lowest BCUT2D eigenvalue weighted by Crippen LogP contribution is -2.45. The summed E-state index contributed by atoms with van der Waals surface area (Å²) >= 11 is 5.20. The van der Waals surface area contributed by atoms with Gasteiger partial charge in [-0.3, -0.25) is 10.1 Å². The van der Waals surface area contributed by atoms with Gasteiger partial charge in [0.15, 0.2) is 5.11 Å². The van der Waals surface area contributed by atoms with Crippen molar-refractivity contribution in [2.24, 2.45) is 0 Å². The second-order valence-electron chi connectivity index (χ2n) is 8.42. The SMILES string of the molecule is COC(=O)C1=C(C)NC(=S)N[C@H]1c1ccc(Oc2ccc(C(C)(C)C)cc2)c([N+](=O)[O-])c1. The third-order valence-electron chi connectivity index (χ3n) is 5.14. The Morgan fingerprint density at radius 3 is 2.38 bits per heavy atom. The number of ether oxygens (including phenoxy) is 2. The smallest absolute Gasteiger partial charge is 0.337 e. The number of thiocarbonyl (C=S) groups is 1. The minimum absolute atomic E-state index is 0.0163. The molecule has 1 atom stereocenters. The molecular weight excluding hydrogens is 430 g/mol. The highest BCUT2D eigenvalue weighted by Crippen LogP contribution is 2.37. The number of carbonyl (C=O) groups excluding carboxylic acids is 1. The van der Waals surface area contributed by atoms with Gasteiger partial charge in [0.2, 0.25) is 5.75 Å². The average molecular weight is 456 g/mol. The second-order valence-corrected chi connectivity index (χ2v) is 8.83. The van der Waals surface area contributed by atoms with Crippen LogP contribution < -0.4 is 15.4 Å². The maximum Gasteiger partial charge on any atom is 0.337 e. The molecule has 2 aromatic rings. The van der Waals surface area contributed by atoms with Crippen molar-refractivity contribution in [1.82, 2.24) is 10.6 Å². The topological polar surface area (TPSA) is 103 Å². The van der Waals surface area contributed by atoms with E-state index in [0.717, 1.165) is 5.56 Å². The number of rotatable bonds is 5. The molecule has 8 nitrogen and oxygen atoms in total. The summed E-state index contributed by atoms with van der Waals surface area (Å²) in [7, 11) is 1.27. The Balaban J connectivity index is 1.97. The minimum Gasteiger partial charge on any atom is -0.466 e. The summed E-state index contributed by atoms with van der Waals surface area (Å²) < 4.78 is 10.7. The maximum atomic E-state index is 12.3. The van der Waals surface area contributed by atoms with Gasteiger partial charge in [0, 0.05) is 11.8 Å². The summed E-state index contributed by atoms with van der Waals surface area (Å²) in [4.78, 5) is 23.6. The number of nitro benzene ring substituents is 1. The van der Waals surface area contributed by atoms with Crippen molar-refractivity contribution in [3.63, 3.8) is 0 Å². The molecule has 0 radical (unpaired) electrons. The van der Waals surface area contributed by atoms with Gasteiger partial charge in [-0.05, 0) is 53.9 Å². The average Bonchev–Trinajstić information content (AvgIpc) is 2.72. The molecule has 0 saturated heterocycles. The molecule has 0 fully saturated rings. The predicted molar refractivity (Wildman–Crippen MR) is 125 cm³/mol. The van der Waals surface area contributed by atoms with Crippen molar-refractivity contribution in [2.75, 3.05) is 7.11 Å². The van der Waals surface area contributed by atoms with Crippen LogP contribution in [-0.2, 0) is 14.9 Å². The van der Waals surface area contributed by atoms with Gasteiger partial charge < -0.3 is 20.1 Å². The summed E-state index contributed by atoms with van der Waals surface area (Å²) in [6, 6.07) is 11.3. The highest BCUT2D eigenvalue weighted by molar-refractivity contribution is 7.80. The van der Waals surface area contributed by atoms with E-state index in [1.54, 1.807) is 25.1 Å². The molecule has 3 rings (SSSR count). The molecule has 9 heteroatoms. The molecule has 1 aliphatic rings. The van der Waals surface area contributed by atoms with E-state index in [-0.39, 0.29) is 16.9 Å². The van der Waals surface area contributed by atoms with E-state index in [1.165, 1.54) is 19.2 Å². The van der Waals surface area contributed by atoms with Crippen LogP contribution in [0.25, 0.3) is 0 Å². The molecule has 0 bridgehead atoms. The van der Waals surface area contributed by atoms with Gasteiger partial charge in [-0.1, -0.05) is 39.0 Å². The predicted octanol–water partition coefficient (Wildman–Crippen LogP) is 4.65. The molecule has 32 heavy (non-hydrogen) atoms. The fraction of sp³-hybridized carbons (Fsp3) is 0.304. The third kappa shape index (κ3) is 4.88. The fourth-order valence-corrected chi connectivity index (χ4v) is 3.69. The number of hydrogen-bond donors (Lipinski definition) is 2. The largest absolute Gasteiger partial charge is 0.466 e. The zero-order valence-electron chi connectivity index (χ0n) is 18.5. The van der Waals surface area contributed by atoms with E-state index in [1.807, 2.05) is 12.1 Å². The standard InChI is InChI=1S/C23H25N3O5S/c1-13-19(21(27)30-5)20(25-22(32)24-13)14-6-11-18(17(12-14)26(28)29)31-16-9-7-15(8-10-16)23(2,3)4/h6-12,20H,1-5H3,(H2,24,25,32)/t20-/m0/s1. The van der Waals surface area contributed by atoms with Crippen molar-refractivity contribution in [3.05, 3.63) is 75.0 Å². The van der Waals surface area contributed by atoms with Crippen LogP contribution in [-0.4, -0.2) is 23.1 Å². The minimum atomic E-state index is -0.699. The lowest BCUT2D eigenvalue weighted by Gasteiger charge is -2.29. The van der Waals surface area contributed by atoms with E-state index < -0.39 is 16.9 Å². The highest BCUT2D eigenvalue weighted by Gasteiger charge is 2.32. The summed E-state index contributed by atoms with van der Waals surface area (Å²) in [5.74, 6) is 0.0250. The van der Waals surface area contributed by atoms with Crippen molar-refractivity contribution < 1.29 is 19.2 Å². The van der Waals surface area contributed by atoms with Gasteiger partial charge >= 0.3 is 11.7 Å². The van der Waals surface area contributed by atoms with Crippen molar-refractivity contribution in [3.8, 4) is 11.5 Å². The molecule has 2 aromatic carbocycles. The number of carbonyl (C=O) groups is 1. The Labute approximate surface area is 191 Å². The molecule has 168 valence electrons. The summed E-state index contributed by atoms with van der Waals surface area (Å²) in [6.45, 7) is 8.00. The van der Waals surface area contributed by atoms with Gasteiger partial charge in [0.05, 0.1) is 23.6 Å². The normalized spacial score (nSPS) is 16.2. The van der Waals surface area contributed by atoms with Crippen molar-refractivity contribution >= 4 is 29.0 Å². The first-order valence-electron chi connectivity index (χ1n) is 9.94. The molecule has 0 aromatic heterocycles. The molecule has 1 heterocycles. The zero-order chi connectivity index (χ0) is 23.6. The number of nitro groups is 1. The summed E-state index contributed by atoms with van der Waals surface area (Å²) in [6.07, 6.45) is 0. The molecule has 0 amide bonds.